The monoisotopic (exact) mass is 251 g/mol. The number of unbranched alkanes of at least 4 members (excludes halogenated alkanes) is 1. The molecule has 0 fully saturated rings. The highest BCUT2D eigenvalue weighted by atomic mass is 19.4. The molecule has 1 rings (SSSR count). The molecule has 1 aromatic heterocycles. The maximum Gasteiger partial charge on any atom is 0.435 e. The highest BCUT2D eigenvalue weighted by molar-refractivity contribution is 5.73. The summed E-state index contributed by atoms with van der Waals surface area (Å²) in [7, 11) is 1.51. The van der Waals surface area contributed by atoms with Crippen molar-refractivity contribution in [3.8, 4) is 0 Å². The van der Waals surface area contributed by atoms with Gasteiger partial charge in [0.05, 0.1) is 0 Å². The molecule has 0 bridgehead atoms. The van der Waals surface area contributed by atoms with Crippen molar-refractivity contribution in [2.24, 2.45) is 0 Å². The van der Waals surface area contributed by atoms with Crippen LogP contribution in [0.1, 0.15) is 29.0 Å². The summed E-state index contributed by atoms with van der Waals surface area (Å²) in [6.45, 7) is 0.523. The van der Waals surface area contributed by atoms with Gasteiger partial charge in [0.15, 0.2) is 17.7 Å². The van der Waals surface area contributed by atoms with Crippen molar-refractivity contribution in [1.82, 2.24) is 15.0 Å². The summed E-state index contributed by atoms with van der Waals surface area (Å²) in [5.41, 5.74) is -1.77. The fraction of sp³-hybridized carbons (Fsp3) is 0.667. The molecule has 0 radical (unpaired) electrons. The van der Waals surface area contributed by atoms with Gasteiger partial charge in [-0.1, -0.05) is 5.21 Å². The number of hydrogen-bond donors (Lipinski definition) is 0. The van der Waals surface area contributed by atoms with Crippen LogP contribution in [0.4, 0.5) is 13.2 Å². The highest BCUT2D eigenvalue weighted by Crippen LogP contribution is 2.30. The molecule has 0 saturated heterocycles. The van der Waals surface area contributed by atoms with Gasteiger partial charge in [0, 0.05) is 20.3 Å². The Hall–Kier alpha value is -1.44. The summed E-state index contributed by atoms with van der Waals surface area (Å²) in [4.78, 5) is 10.4. The Kier molecular flexibility index (Phi) is 4.62. The summed E-state index contributed by atoms with van der Waals surface area (Å²) >= 11 is 0. The first kappa shape index (κ1) is 13.6. The number of alkyl halides is 3. The van der Waals surface area contributed by atoms with Gasteiger partial charge in [0.2, 0.25) is 0 Å². The van der Waals surface area contributed by atoms with E-state index in [-0.39, 0.29) is 12.8 Å². The standard InChI is InChI=1S/C9H12F3N3O2/c1-17-5-3-2-4-15-8(9(10,11)12)7(6-16)13-14-15/h6H,2-5H2,1H3. The molecule has 5 nitrogen and oxygen atoms in total. The average molecular weight is 251 g/mol. The maximum absolute atomic E-state index is 12.6. The van der Waals surface area contributed by atoms with Crippen molar-refractivity contribution >= 4 is 6.29 Å². The second-order valence-electron chi connectivity index (χ2n) is 3.36. The Balaban J connectivity index is 2.78. The minimum atomic E-state index is -4.62. The molecule has 0 spiro atoms. The second kappa shape index (κ2) is 5.76. The van der Waals surface area contributed by atoms with E-state index < -0.39 is 17.6 Å². The van der Waals surface area contributed by atoms with Gasteiger partial charge < -0.3 is 4.74 Å². The predicted octanol–water partition coefficient (Wildman–Crippen LogP) is 1.54. The third kappa shape index (κ3) is 3.52. The van der Waals surface area contributed by atoms with Crippen molar-refractivity contribution in [3.63, 3.8) is 0 Å². The molecule has 1 heterocycles. The van der Waals surface area contributed by atoms with Crippen molar-refractivity contribution in [3.05, 3.63) is 11.4 Å². The quantitative estimate of drug-likeness (QED) is 0.568. The first-order valence-corrected chi connectivity index (χ1v) is 4.95. The van der Waals surface area contributed by atoms with Crippen LogP contribution in [0.25, 0.3) is 0 Å². The third-order valence-electron chi connectivity index (χ3n) is 2.11. The molecule has 17 heavy (non-hydrogen) atoms. The van der Waals surface area contributed by atoms with E-state index in [2.05, 4.69) is 10.3 Å². The zero-order chi connectivity index (χ0) is 12.9. The van der Waals surface area contributed by atoms with Crippen LogP contribution in [0, 0.1) is 0 Å². The normalized spacial score (nSPS) is 11.8. The smallest absolute Gasteiger partial charge is 0.385 e. The number of nitrogens with zero attached hydrogens (tertiary/aromatic N) is 3. The van der Waals surface area contributed by atoms with E-state index >= 15 is 0 Å². The minimum absolute atomic E-state index is 0.0546. The molecule has 0 unspecified atom stereocenters. The zero-order valence-corrected chi connectivity index (χ0v) is 9.20. The molecule has 0 N–H and O–H groups in total. The number of aldehydes is 1. The Morgan fingerprint density at radius 1 is 1.41 bits per heavy atom. The number of rotatable bonds is 6. The first-order chi connectivity index (χ1) is 8.00. The minimum Gasteiger partial charge on any atom is -0.385 e. The van der Waals surface area contributed by atoms with Gasteiger partial charge in [0.1, 0.15) is 0 Å². The highest BCUT2D eigenvalue weighted by Gasteiger charge is 2.39. The number of halogens is 3. The van der Waals surface area contributed by atoms with Crippen LogP contribution in [0.2, 0.25) is 0 Å². The van der Waals surface area contributed by atoms with Gasteiger partial charge in [-0.25, -0.2) is 4.68 Å². The Morgan fingerprint density at radius 3 is 2.65 bits per heavy atom. The third-order valence-corrected chi connectivity index (χ3v) is 2.11. The summed E-state index contributed by atoms with van der Waals surface area (Å²) in [5, 5.41) is 6.52. The van der Waals surface area contributed by atoms with Crippen molar-refractivity contribution in [2.75, 3.05) is 13.7 Å². The summed E-state index contributed by atoms with van der Waals surface area (Å²) in [5.74, 6) is 0. The number of aromatic nitrogens is 3. The molecule has 0 aliphatic carbocycles. The molecular weight excluding hydrogens is 239 g/mol. The van der Waals surface area contributed by atoms with Crippen LogP contribution < -0.4 is 0 Å². The Labute approximate surface area is 95.6 Å². The number of ether oxygens (including phenoxy) is 1. The van der Waals surface area contributed by atoms with Crippen LogP contribution in [0.15, 0.2) is 0 Å². The molecule has 0 saturated carbocycles. The van der Waals surface area contributed by atoms with Gasteiger partial charge in [-0.15, -0.1) is 5.10 Å². The number of carbonyl (C=O) groups is 1. The molecular formula is C9H12F3N3O2. The van der Waals surface area contributed by atoms with Crippen molar-refractivity contribution < 1.29 is 22.7 Å². The fourth-order valence-corrected chi connectivity index (χ4v) is 1.36. The van der Waals surface area contributed by atoms with E-state index in [9.17, 15) is 18.0 Å². The fourth-order valence-electron chi connectivity index (χ4n) is 1.36. The van der Waals surface area contributed by atoms with Crippen LogP contribution >= 0.6 is 0 Å². The SMILES string of the molecule is COCCCCn1nnc(C=O)c1C(F)(F)F. The van der Waals surface area contributed by atoms with Gasteiger partial charge >= 0.3 is 6.18 Å². The van der Waals surface area contributed by atoms with E-state index in [1.807, 2.05) is 0 Å². The van der Waals surface area contributed by atoms with Crippen LogP contribution in [-0.2, 0) is 17.5 Å². The molecule has 0 amide bonds. The van der Waals surface area contributed by atoms with Gasteiger partial charge in [0.25, 0.3) is 0 Å². The largest absolute Gasteiger partial charge is 0.435 e. The number of hydrogen-bond acceptors (Lipinski definition) is 4. The number of methoxy groups -OCH3 is 1. The molecule has 0 aliphatic rings. The Bertz CT molecular complexity index is 376. The molecule has 0 aromatic carbocycles. The molecule has 0 aliphatic heterocycles. The van der Waals surface area contributed by atoms with Crippen molar-refractivity contribution in [2.45, 2.75) is 25.6 Å². The van der Waals surface area contributed by atoms with Gasteiger partial charge in [-0.05, 0) is 12.8 Å². The molecule has 1 aromatic rings. The zero-order valence-electron chi connectivity index (χ0n) is 9.20. The summed E-state index contributed by atoms with van der Waals surface area (Å²) < 4.78 is 43.3. The van der Waals surface area contributed by atoms with E-state index in [1.54, 1.807) is 0 Å². The van der Waals surface area contributed by atoms with Crippen LogP contribution in [0.3, 0.4) is 0 Å². The van der Waals surface area contributed by atoms with Gasteiger partial charge in [-0.2, -0.15) is 13.2 Å². The molecule has 0 atom stereocenters. The summed E-state index contributed by atoms with van der Waals surface area (Å²) in [6.07, 6.45) is -3.48. The van der Waals surface area contributed by atoms with E-state index in [4.69, 9.17) is 4.74 Å². The lowest BCUT2D eigenvalue weighted by Gasteiger charge is -2.09. The van der Waals surface area contributed by atoms with E-state index in [1.165, 1.54) is 7.11 Å². The topological polar surface area (TPSA) is 57.0 Å². The van der Waals surface area contributed by atoms with Crippen LogP contribution in [0.5, 0.6) is 0 Å². The number of carbonyl (C=O) groups excluding carboxylic acids is 1. The molecule has 96 valence electrons. The lowest BCUT2D eigenvalue weighted by molar-refractivity contribution is -0.144. The molecule has 8 heteroatoms. The number of aryl methyl sites for hydroxylation is 1. The second-order valence-corrected chi connectivity index (χ2v) is 3.36. The summed E-state index contributed by atoms with van der Waals surface area (Å²) in [6, 6.07) is 0. The Morgan fingerprint density at radius 2 is 2.12 bits per heavy atom. The predicted molar refractivity (Wildman–Crippen MR) is 51.5 cm³/mol. The first-order valence-electron chi connectivity index (χ1n) is 4.95. The average Bonchev–Trinajstić information content (AvgIpc) is 2.67. The van der Waals surface area contributed by atoms with Gasteiger partial charge in [-0.3, -0.25) is 4.79 Å². The lowest BCUT2D eigenvalue weighted by Crippen LogP contribution is -2.17. The van der Waals surface area contributed by atoms with Crippen LogP contribution in [-0.4, -0.2) is 35.0 Å². The maximum atomic E-state index is 12.6. The van der Waals surface area contributed by atoms with E-state index in [0.717, 1.165) is 0 Å². The van der Waals surface area contributed by atoms with Crippen molar-refractivity contribution in [1.29, 1.82) is 0 Å². The van der Waals surface area contributed by atoms with E-state index in [0.29, 0.717) is 24.1 Å². The lowest BCUT2D eigenvalue weighted by atomic mass is 10.3.